The third-order valence-electron chi connectivity index (χ3n) is 4.85. The van der Waals surface area contributed by atoms with Crippen molar-refractivity contribution in [1.29, 1.82) is 0 Å². The third-order valence-corrected chi connectivity index (χ3v) is 4.85. The normalized spacial score (nSPS) is 17.0. The average Bonchev–Trinajstić information content (AvgIpc) is 3.30. The highest BCUT2D eigenvalue weighted by atomic mass is 16.2. The Morgan fingerprint density at radius 1 is 1.17 bits per heavy atom. The van der Waals surface area contributed by atoms with Crippen molar-refractivity contribution in [3.05, 3.63) is 47.7 Å². The summed E-state index contributed by atoms with van der Waals surface area (Å²) in [5, 5.41) is 14.2. The highest BCUT2D eigenvalue weighted by Gasteiger charge is 2.30. The quantitative estimate of drug-likeness (QED) is 0.487. The number of nitrogens with zero attached hydrogens (tertiary/aromatic N) is 1. The minimum atomic E-state index is -0.700. The van der Waals surface area contributed by atoms with Crippen LogP contribution in [-0.4, -0.2) is 39.9 Å². The van der Waals surface area contributed by atoms with Crippen molar-refractivity contribution in [3.8, 4) is 0 Å². The molecule has 2 aromatic rings. The van der Waals surface area contributed by atoms with E-state index in [4.69, 9.17) is 0 Å². The molecule has 1 aliphatic rings. The van der Waals surface area contributed by atoms with E-state index in [-0.39, 0.29) is 41.9 Å². The Morgan fingerprint density at radius 3 is 2.47 bits per heavy atom. The summed E-state index contributed by atoms with van der Waals surface area (Å²) in [6, 6.07) is 7.74. The zero-order valence-electron chi connectivity index (χ0n) is 16.9. The van der Waals surface area contributed by atoms with Gasteiger partial charge < -0.3 is 10.6 Å². The second-order valence-electron chi connectivity index (χ2n) is 7.83. The molecule has 2 atom stereocenters. The second-order valence-corrected chi connectivity index (χ2v) is 7.83. The van der Waals surface area contributed by atoms with Crippen molar-refractivity contribution in [2.24, 2.45) is 11.8 Å². The first-order valence-corrected chi connectivity index (χ1v) is 9.85. The maximum atomic E-state index is 12.7. The summed E-state index contributed by atoms with van der Waals surface area (Å²) in [4.78, 5) is 48.3. The third kappa shape index (κ3) is 5.53. The van der Waals surface area contributed by atoms with Crippen LogP contribution in [0.1, 0.15) is 42.6 Å². The van der Waals surface area contributed by atoms with Gasteiger partial charge in [-0.3, -0.25) is 29.6 Å². The topological polar surface area (TPSA) is 133 Å². The Kier molecular flexibility index (Phi) is 6.61. The van der Waals surface area contributed by atoms with Gasteiger partial charge in [-0.25, -0.2) is 0 Å². The van der Waals surface area contributed by atoms with E-state index in [1.54, 1.807) is 30.3 Å². The summed E-state index contributed by atoms with van der Waals surface area (Å²) in [7, 11) is 0. The second kappa shape index (κ2) is 9.34. The lowest BCUT2D eigenvalue weighted by Crippen LogP contribution is -2.44. The zero-order valence-corrected chi connectivity index (χ0v) is 16.9. The number of anilines is 1. The molecule has 30 heavy (non-hydrogen) atoms. The number of carbonyl (C=O) groups excluding carboxylic acids is 4. The molecule has 0 aliphatic carbocycles. The molecule has 3 rings (SSSR count). The van der Waals surface area contributed by atoms with E-state index in [9.17, 15) is 19.2 Å². The Labute approximate surface area is 174 Å². The number of nitrogens with one attached hydrogen (secondary N) is 4. The molecule has 158 valence electrons. The lowest BCUT2D eigenvalue weighted by Gasteiger charge is -2.20. The van der Waals surface area contributed by atoms with Crippen LogP contribution >= 0.6 is 0 Å². The smallest absolute Gasteiger partial charge is 0.251 e. The van der Waals surface area contributed by atoms with Gasteiger partial charge in [0.1, 0.15) is 11.9 Å². The van der Waals surface area contributed by atoms with Crippen LogP contribution in [0, 0.1) is 11.8 Å². The van der Waals surface area contributed by atoms with Gasteiger partial charge in [-0.1, -0.05) is 26.0 Å². The fourth-order valence-corrected chi connectivity index (χ4v) is 3.34. The molecule has 0 spiro atoms. The Bertz CT molecular complexity index is 921. The van der Waals surface area contributed by atoms with Gasteiger partial charge in [-0.2, -0.15) is 5.10 Å². The molecule has 9 nitrogen and oxygen atoms in total. The Hall–Kier alpha value is -3.49. The largest absolute Gasteiger partial charge is 0.340 e. The van der Waals surface area contributed by atoms with Gasteiger partial charge in [0.2, 0.25) is 17.7 Å². The van der Waals surface area contributed by atoms with Crippen LogP contribution in [0.3, 0.4) is 0 Å². The number of benzene rings is 1. The molecule has 0 bridgehead atoms. The van der Waals surface area contributed by atoms with E-state index >= 15 is 0 Å². The average molecular weight is 411 g/mol. The number of H-pyrrole nitrogens is 1. The molecule has 1 aromatic heterocycles. The summed E-state index contributed by atoms with van der Waals surface area (Å²) >= 11 is 0. The Morgan fingerprint density at radius 2 is 1.90 bits per heavy atom. The zero-order chi connectivity index (χ0) is 21.7. The van der Waals surface area contributed by atoms with Crippen molar-refractivity contribution < 1.29 is 19.2 Å². The predicted octanol–water partition coefficient (Wildman–Crippen LogP) is 1.40. The fourth-order valence-electron chi connectivity index (χ4n) is 3.34. The minimum absolute atomic E-state index is 0.184. The van der Waals surface area contributed by atoms with Gasteiger partial charge >= 0.3 is 0 Å². The van der Waals surface area contributed by atoms with Gasteiger partial charge in [-0.05, 0) is 36.5 Å². The van der Waals surface area contributed by atoms with Gasteiger partial charge in [0.25, 0.3) is 5.91 Å². The monoisotopic (exact) mass is 411 g/mol. The molecule has 9 heteroatoms. The van der Waals surface area contributed by atoms with Gasteiger partial charge in [-0.15, -0.1) is 0 Å². The van der Waals surface area contributed by atoms with Crippen LogP contribution < -0.4 is 16.0 Å². The maximum Gasteiger partial charge on any atom is 0.251 e. The molecule has 1 aliphatic heterocycles. The number of aromatic nitrogens is 2. The molecule has 0 radical (unpaired) electrons. The van der Waals surface area contributed by atoms with Crippen LogP contribution in [-0.2, 0) is 20.8 Å². The minimum Gasteiger partial charge on any atom is -0.340 e. The Balaban J connectivity index is 1.62. The van der Waals surface area contributed by atoms with Crippen molar-refractivity contribution in [1.82, 2.24) is 20.8 Å². The summed E-state index contributed by atoms with van der Waals surface area (Å²) < 4.78 is 0. The van der Waals surface area contributed by atoms with Crippen LogP contribution in [0.5, 0.6) is 0 Å². The standard InChI is InChI=1S/C21H25N5O4/c1-12(2)9-16(21(30)24-17-7-8-22-26-17)23-19(28)14-5-3-13(4-6-14)10-15-11-18(27)25-20(15)29/h3-8,12,15-16H,9-11H2,1-2H3,(H,23,28)(H,25,27,29)(H2,22,24,26,30). The van der Waals surface area contributed by atoms with E-state index in [0.29, 0.717) is 24.2 Å². The molecule has 1 fully saturated rings. The van der Waals surface area contributed by atoms with Crippen LogP contribution in [0.25, 0.3) is 0 Å². The number of imide groups is 1. The fraction of sp³-hybridized carbons (Fsp3) is 0.381. The molecule has 0 saturated carbocycles. The number of hydrogen-bond donors (Lipinski definition) is 4. The highest BCUT2D eigenvalue weighted by molar-refractivity contribution is 6.03. The number of hydrogen-bond acceptors (Lipinski definition) is 5. The maximum absolute atomic E-state index is 12.7. The first-order valence-electron chi connectivity index (χ1n) is 9.85. The lowest BCUT2D eigenvalue weighted by molar-refractivity contribution is -0.125. The van der Waals surface area contributed by atoms with E-state index < -0.39 is 6.04 Å². The summed E-state index contributed by atoms with van der Waals surface area (Å²) in [6.07, 6.45) is 2.62. The van der Waals surface area contributed by atoms with E-state index in [2.05, 4.69) is 26.1 Å². The van der Waals surface area contributed by atoms with Gasteiger partial charge in [0.05, 0.1) is 12.1 Å². The van der Waals surface area contributed by atoms with Gasteiger partial charge in [0, 0.05) is 18.1 Å². The SMILES string of the molecule is CC(C)CC(NC(=O)c1ccc(CC2CC(=O)NC2=O)cc1)C(=O)Nc1ccn[nH]1. The molecule has 1 saturated heterocycles. The van der Waals surface area contributed by atoms with Crippen LogP contribution in [0.2, 0.25) is 0 Å². The summed E-state index contributed by atoms with van der Waals surface area (Å²) in [5.74, 6) is -0.922. The summed E-state index contributed by atoms with van der Waals surface area (Å²) in [6.45, 7) is 3.95. The van der Waals surface area contributed by atoms with Crippen molar-refractivity contribution in [2.45, 2.75) is 39.2 Å². The number of rotatable bonds is 8. The van der Waals surface area contributed by atoms with Crippen molar-refractivity contribution in [2.75, 3.05) is 5.32 Å². The molecular weight excluding hydrogens is 386 g/mol. The van der Waals surface area contributed by atoms with Crippen LogP contribution in [0.15, 0.2) is 36.5 Å². The van der Waals surface area contributed by atoms with Crippen LogP contribution in [0.4, 0.5) is 5.82 Å². The molecule has 4 N–H and O–H groups in total. The van der Waals surface area contributed by atoms with E-state index in [1.807, 2.05) is 13.8 Å². The van der Waals surface area contributed by atoms with Crippen molar-refractivity contribution >= 4 is 29.4 Å². The number of aromatic amines is 1. The molecule has 2 unspecified atom stereocenters. The van der Waals surface area contributed by atoms with Gasteiger partial charge in [0.15, 0.2) is 0 Å². The molecular formula is C21H25N5O4. The summed E-state index contributed by atoms with van der Waals surface area (Å²) in [5.41, 5.74) is 1.27. The molecule has 2 heterocycles. The number of carbonyl (C=O) groups is 4. The highest BCUT2D eigenvalue weighted by Crippen LogP contribution is 2.18. The predicted molar refractivity (Wildman–Crippen MR) is 109 cm³/mol. The van der Waals surface area contributed by atoms with Crippen molar-refractivity contribution in [3.63, 3.8) is 0 Å². The first-order chi connectivity index (χ1) is 14.3. The molecule has 4 amide bonds. The lowest BCUT2D eigenvalue weighted by atomic mass is 9.97. The van der Waals surface area contributed by atoms with E-state index in [0.717, 1.165) is 5.56 Å². The van der Waals surface area contributed by atoms with E-state index in [1.165, 1.54) is 6.20 Å². The molecule has 1 aromatic carbocycles. The first kappa shape index (κ1) is 21.2. The number of amides is 4.